The van der Waals surface area contributed by atoms with Gasteiger partial charge in [-0.15, -0.1) is 0 Å². The number of nitrogens with zero attached hydrogens (tertiary/aromatic N) is 1. The highest BCUT2D eigenvalue weighted by atomic mass is 16.2. The van der Waals surface area contributed by atoms with Crippen molar-refractivity contribution in [3.63, 3.8) is 0 Å². The molecule has 1 saturated heterocycles. The topological polar surface area (TPSA) is 78.5 Å². The molecule has 0 aromatic heterocycles. The lowest BCUT2D eigenvalue weighted by Gasteiger charge is -2.61. The van der Waals surface area contributed by atoms with Crippen LogP contribution in [-0.2, 0) is 15.0 Å². The third-order valence-corrected chi connectivity index (χ3v) is 9.48. The van der Waals surface area contributed by atoms with E-state index in [9.17, 15) is 14.4 Å². The van der Waals surface area contributed by atoms with Crippen LogP contribution in [0, 0.1) is 17.3 Å². The van der Waals surface area contributed by atoms with Crippen LogP contribution in [0.15, 0.2) is 30.3 Å². The van der Waals surface area contributed by atoms with E-state index in [2.05, 4.69) is 41.0 Å². The molecule has 6 fully saturated rings. The van der Waals surface area contributed by atoms with E-state index < -0.39 is 5.54 Å². The zero-order chi connectivity index (χ0) is 22.7. The van der Waals surface area contributed by atoms with Gasteiger partial charge in [-0.3, -0.25) is 14.5 Å². The van der Waals surface area contributed by atoms with E-state index >= 15 is 0 Å². The Labute approximate surface area is 195 Å². The summed E-state index contributed by atoms with van der Waals surface area (Å²) in [6, 6.07) is 10.6. The average Bonchev–Trinajstić information content (AvgIpc) is 3.36. The van der Waals surface area contributed by atoms with Crippen molar-refractivity contribution < 1.29 is 14.4 Å². The normalized spacial score (nSPS) is 35.9. The summed E-state index contributed by atoms with van der Waals surface area (Å²) in [5.41, 5.74) is 0.661. The fraction of sp³-hybridized carbons (Fsp3) is 0.667. The summed E-state index contributed by atoms with van der Waals surface area (Å²) in [6.07, 6.45) is 10.8. The Kier molecular flexibility index (Phi) is 4.86. The molecule has 2 unspecified atom stereocenters. The summed E-state index contributed by atoms with van der Waals surface area (Å²) in [4.78, 5) is 40.1. The predicted octanol–water partition coefficient (Wildman–Crippen LogP) is 3.90. The molecule has 6 heteroatoms. The van der Waals surface area contributed by atoms with Crippen molar-refractivity contribution in [2.24, 2.45) is 17.3 Å². The lowest BCUT2D eigenvalue weighted by atomic mass is 9.42. The second-order valence-corrected chi connectivity index (χ2v) is 11.7. The lowest BCUT2D eigenvalue weighted by molar-refractivity contribution is -0.149. The number of imide groups is 1. The van der Waals surface area contributed by atoms with Gasteiger partial charge in [0.05, 0.1) is 5.41 Å². The number of rotatable bonds is 6. The first-order chi connectivity index (χ1) is 15.9. The first kappa shape index (κ1) is 21.2. The molecule has 0 radical (unpaired) electrons. The van der Waals surface area contributed by atoms with E-state index in [1.54, 1.807) is 0 Å². The predicted molar refractivity (Wildman–Crippen MR) is 124 cm³/mol. The van der Waals surface area contributed by atoms with Crippen LogP contribution < -0.4 is 10.6 Å². The molecule has 6 nitrogen and oxygen atoms in total. The molecular weight excluding hydrogens is 414 g/mol. The molecule has 7 rings (SSSR count). The lowest BCUT2D eigenvalue weighted by Crippen LogP contribution is -2.59. The Morgan fingerprint density at radius 2 is 1.73 bits per heavy atom. The molecule has 1 aliphatic heterocycles. The molecule has 1 heterocycles. The van der Waals surface area contributed by atoms with Crippen LogP contribution in [-0.4, -0.2) is 41.4 Å². The number of nitrogens with one attached hydrogen (secondary N) is 2. The van der Waals surface area contributed by atoms with Crippen LogP contribution in [0.5, 0.6) is 0 Å². The average molecular weight is 450 g/mol. The van der Waals surface area contributed by atoms with Crippen molar-refractivity contribution >= 4 is 17.8 Å². The summed E-state index contributed by atoms with van der Waals surface area (Å²) < 4.78 is 0. The van der Waals surface area contributed by atoms with E-state index in [4.69, 9.17) is 0 Å². The van der Waals surface area contributed by atoms with Crippen LogP contribution >= 0.6 is 0 Å². The van der Waals surface area contributed by atoms with Crippen molar-refractivity contribution in [2.45, 2.75) is 81.6 Å². The fourth-order valence-electron chi connectivity index (χ4n) is 8.48. The van der Waals surface area contributed by atoms with Gasteiger partial charge in [0.1, 0.15) is 5.54 Å². The summed E-state index contributed by atoms with van der Waals surface area (Å²) in [5, 5.41) is 6.15. The van der Waals surface area contributed by atoms with Gasteiger partial charge < -0.3 is 10.6 Å². The number of benzene rings is 1. The van der Waals surface area contributed by atoms with Crippen LogP contribution in [0.2, 0.25) is 0 Å². The van der Waals surface area contributed by atoms with Crippen LogP contribution in [0.3, 0.4) is 0 Å². The summed E-state index contributed by atoms with van der Waals surface area (Å²) in [5.74, 6) is 1.42. The van der Waals surface area contributed by atoms with Crippen LogP contribution in [0.4, 0.5) is 4.79 Å². The van der Waals surface area contributed by atoms with Crippen molar-refractivity contribution in [3.8, 4) is 0 Å². The molecule has 1 aromatic rings. The van der Waals surface area contributed by atoms with Gasteiger partial charge in [-0.2, -0.15) is 0 Å². The number of urea groups is 1. The summed E-state index contributed by atoms with van der Waals surface area (Å²) in [6.45, 7) is 0.886. The summed E-state index contributed by atoms with van der Waals surface area (Å²) >= 11 is 0. The third kappa shape index (κ3) is 3.31. The Morgan fingerprint density at radius 1 is 1.03 bits per heavy atom. The van der Waals surface area contributed by atoms with E-state index in [1.165, 1.54) is 29.7 Å². The van der Waals surface area contributed by atoms with Gasteiger partial charge in [0.2, 0.25) is 5.91 Å². The highest BCUT2D eigenvalue weighted by Crippen LogP contribution is 2.65. The Hall–Kier alpha value is -2.37. The molecule has 6 aliphatic rings. The first-order valence-corrected chi connectivity index (χ1v) is 12.9. The molecule has 4 bridgehead atoms. The minimum Gasteiger partial charge on any atom is -0.356 e. The molecule has 4 amide bonds. The van der Waals surface area contributed by atoms with Gasteiger partial charge in [-0.05, 0) is 80.6 Å². The highest BCUT2D eigenvalue weighted by molar-refractivity contribution is 6.07. The van der Waals surface area contributed by atoms with Crippen molar-refractivity contribution in [1.82, 2.24) is 15.5 Å². The van der Waals surface area contributed by atoms with Gasteiger partial charge >= 0.3 is 6.03 Å². The van der Waals surface area contributed by atoms with Crippen LogP contribution in [0.1, 0.15) is 76.2 Å². The molecular formula is C27H35N3O3. The van der Waals surface area contributed by atoms with E-state index in [0.717, 1.165) is 44.9 Å². The zero-order valence-electron chi connectivity index (χ0n) is 19.4. The number of hydrogen-bond acceptors (Lipinski definition) is 3. The van der Waals surface area contributed by atoms with Gasteiger partial charge in [-0.1, -0.05) is 43.2 Å². The van der Waals surface area contributed by atoms with E-state index in [1.807, 2.05) is 0 Å². The van der Waals surface area contributed by atoms with Gasteiger partial charge in [0.15, 0.2) is 0 Å². The fourth-order valence-corrected chi connectivity index (χ4v) is 8.48. The van der Waals surface area contributed by atoms with Crippen molar-refractivity contribution in [3.05, 3.63) is 35.9 Å². The first-order valence-electron chi connectivity index (χ1n) is 12.9. The zero-order valence-corrected chi connectivity index (χ0v) is 19.4. The number of carbonyl (C=O) groups is 3. The van der Waals surface area contributed by atoms with Crippen molar-refractivity contribution in [1.29, 1.82) is 0 Å². The Balaban J connectivity index is 1.09. The van der Waals surface area contributed by atoms with Crippen LogP contribution in [0.25, 0.3) is 0 Å². The molecule has 5 saturated carbocycles. The van der Waals surface area contributed by atoms with Gasteiger partial charge in [0, 0.05) is 13.1 Å². The van der Waals surface area contributed by atoms with Gasteiger partial charge in [0.25, 0.3) is 5.91 Å². The Bertz CT molecular complexity index is 954. The minimum absolute atomic E-state index is 0.0674. The molecule has 2 N–H and O–H groups in total. The third-order valence-electron chi connectivity index (χ3n) is 9.48. The SMILES string of the molecule is O=C1NC2(CCCC2)C(=O)N1CCCNC(=O)C12CC3CC(C1)CC(c1ccccc1)(C3)C2. The largest absolute Gasteiger partial charge is 0.356 e. The molecule has 5 aliphatic carbocycles. The van der Waals surface area contributed by atoms with E-state index in [-0.39, 0.29) is 28.7 Å². The maximum absolute atomic E-state index is 13.5. The Morgan fingerprint density at radius 3 is 2.42 bits per heavy atom. The van der Waals surface area contributed by atoms with E-state index in [0.29, 0.717) is 31.3 Å². The number of hydrogen-bond donors (Lipinski definition) is 2. The molecule has 176 valence electrons. The number of carbonyl (C=O) groups excluding carboxylic acids is 3. The standard InChI is InChI=1S/C27H35N3O3/c31-22(28-11-6-12-30-23(32)27(29-24(30)33)9-4-5-10-27)26-16-19-13-20(17-26)15-25(14-19,18-26)21-7-2-1-3-8-21/h1-3,7-8,19-20H,4-6,9-18H2,(H,28,31)(H,29,33). The number of amides is 4. The molecule has 2 atom stereocenters. The second kappa shape index (κ2) is 7.57. The van der Waals surface area contributed by atoms with Gasteiger partial charge in [-0.25, -0.2) is 4.79 Å². The van der Waals surface area contributed by atoms with Crippen molar-refractivity contribution in [2.75, 3.05) is 13.1 Å². The molecule has 1 aromatic carbocycles. The second-order valence-electron chi connectivity index (χ2n) is 11.7. The summed E-state index contributed by atoms with van der Waals surface area (Å²) in [7, 11) is 0. The molecule has 33 heavy (non-hydrogen) atoms. The maximum atomic E-state index is 13.5. The smallest absolute Gasteiger partial charge is 0.325 e. The quantitative estimate of drug-likeness (QED) is 0.511. The molecule has 1 spiro atoms. The minimum atomic E-state index is -0.648. The maximum Gasteiger partial charge on any atom is 0.325 e. The monoisotopic (exact) mass is 449 g/mol. The highest BCUT2D eigenvalue weighted by Gasteiger charge is 2.60.